The molecule has 0 spiro atoms. The van der Waals surface area contributed by atoms with Gasteiger partial charge in [0.2, 0.25) is 0 Å². The minimum Gasteiger partial charge on any atom is -0.445 e. The van der Waals surface area contributed by atoms with Crippen LogP contribution in [0.15, 0.2) is 33.9 Å². The van der Waals surface area contributed by atoms with Crippen LogP contribution in [0.5, 0.6) is 0 Å². The van der Waals surface area contributed by atoms with Crippen LogP contribution in [0.4, 0.5) is 12.9 Å². The van der Waals surface area contributed by atoms with Crippen molar-refractivity contribution in [3.05, 3.63) is 45.2 Å². The Labute approximate surface area is 131 Å². The standard InChI is InChI=1S/C7H7BF3N2O2.K/c1-5(8(9,10)11)4-13-3-2-6(14)12-7(13)15;/h2-3H,1,4H2,(H,12,14,15);/q-1;+1. The van der Waals surface area contributed by atoms with Crippen LogP contribution in [0.1, 0.15) is 0 Å². The van der Waals surface area contributed by atoms with E-state index < -0.39 is 30.2 Å². The van der Waals surface area contributed by atoms with Gasteiger partial charge in [-0.2, -0.15) is 0 Å². The summed E-state index contributed by atoms with van der Waals surface area (Å²) < 4.78 is 37.1. The minimum atomic E-state index is -5.17. The summed E-state index contributed by atoms with van der Waals surface area (Å²) in [4.78, 5) is 23.5. The summed E-state index contributed by atoms with van der Waals surface area (Å²) in [5, 5.41) is 0. The third kappa shape index (κ3) is 4.42. The zero-order chi connectivity index (χ0) is 11.6. The van der Waals surface area contributed by atoms with Gasteiger partial charge in [0, 0.05) is 18.8 Å². The van der Waals surface area contributed by atoms with Gasteiger partial charge in [0.15, 0.2) is 0 Å². The molecule has 4 nitrogen and oxygen atoms in total. The van der Waals surface area contributed by atoms with E-state index in [1.165, 1.54) is 0 Å². The van der Waals surface area contributed by atoms with Crippen LogP contribution in [0.3, 0.4) is 0 Å². The summed E-state index contributed by atoms with van der Waals surface area (Å²) >= 11 is 0. The molecule has 0 aliphatic heterocycles. The fourth-order valence-electron chi connectivity index (χ4n) is 0.891. The molecule has 82 valence electrons. The number of aromatic amines is 1. The Bertz CT molecular complexity index is 493. The van der Waals surface area contributed by atoms with E-state index in [0.29, 0.717) is 0 Å². The molecule has 1 rings (SSSR count). The molecule has 9 heteroatoms. The maximum atomic E-state index is 12.1. The summed E-state index contributed by atoms with van der Waals surface area (Å²) in [7, 11) is 0. The quantitative estimate of drug-likeness (QED) is 0.608. The first kappa shape index (κ1) is 15.9. The Kier molecular flexibility index (Phi) is 5.98. The van der Waals surface area contributed by atoms with Gasteiger partial charge >= 0.3 is 64.1 Å². The predicted molar refractivity (Wildman–Crippen MR) is 49.5 cm³/mol. The summed E-state index contributed by atoms with van der Waals surface area (Å²) in [5.74, 6) is 0. The molecule has 0 aliphatic carbocycles. The number of nitrogens with one attached hydrogen (secondary N) is 1. The van der Waals surface area contributed by atoms with Crippen molar-refractivity contribution in [3.8, 4) is 0 Å². The average molecular weight is 258 g/mol. The number of halogens is 3. The van der Waals surface area contributed by atoms with Gasteiger partial charge in [-0.25, -0.2) is 4.79 Å². The molecule has 1 N–H and O–H groups in total. The number of allylic oxidation sites excluding steroid dienone is 1. The molecule has 1 heterocycles. The van der Waals surface area contributed by atoms with Gasteiger partial charge in [-0.3, -0.25) is 14.3 Å². The van der Waals surface area contributed by atoms with Crippen LogP contribution in [-0.2, 0) is 6.54 Å². The largest absolute Gasteiger partial charge is 1.00 e. The molecule has 16 heavy (non-hydrogen) atoms. The van der Waals surface area contributed by atoms with E-state index in [2.05, 4.69) is 6.58 Å². The number of nitrogens with zero attached hydrogens (tertiary/aromatic N) is 1. The molecule has 1 aromatic rings. The van der Waals surface area contributed by atoms with E-state index in [1.807, 2.05) is 4.98 Å². The fraction of sp³-hybridized carbons (Fsp3) is 0.143. The average Bonchev–Trinajstić information content (AvgIpc) is 2.08. The number of hydrogen-bond donors (Lipinski definition) is 1. The zero-order valence-corrected chi connectivity index (χ0v) is 11.7. The van der Waals surface area contributed by atoms with Gasteiger partial charge in [0.25, 0.3) is 5.56 Å². The molecule has 0 saturated carbocycles. The van der Waals surface area contributed by atoms with Crippen molar-refractivity contribution in [3.63, 3.8) is 0 Å². The van der Waals surface area contributed by atoms with Crippen LogP contribution in [-0.4, -0.2) is 16.5 Å². The molecular weight excluding hydrogens is 251 g/mol. The summed E-state index contributed by atoms with van der Waals surface area (Å²) in [5.41, 5.74) is -2.53. The Balaban J connectivity index is 0.00000225. The second-order valence-corrected chi connectivity index (χ2v) is 2.97. The van der Waals surface area contributed by atoms with Crippen molar-refractivity contribution in [2.45, 2.75) is 6.54 Å². The van der Waals surface area contributed by atoms with Crippen LogP contribution in [0.2, 0.25) is 0 Å². The first-order valence-electron chi connectivity index (χ1n) is 3.98. The predicted octanol–water partition coefficient (Wildman–Crippen LogP) is -2.52. The van der Waals surface area contributed by atoms with E-state index in [4.69, 9.17) is 0 Å². The molecule has 0 amide bonds. The third-order valence-electron chi connectivity index (χ3n) is 1.73. The van der Waals surface area contributed by atoms with Gasteiger partial charge in [-0.05, 0) is 0 Å². The van der Waals surface area contributed by atoms with Crippen molar-refractivity contribution < 1.29 is 64.3 Å². The molecule has 0 saturated heterocycles. The third-order valence-corrected chi connectivity index (χ3v) is 1.73. The van der Waals surface area contributed by atoms with E-state index in [1.54, 1.807) is 0 Å². The molecule has 1 aromatic heterocycles. The van der Waals surface area contributed by atoms with Crippen LogP contribution in [0, 0.1) is 0 Å². The first-order valence-corrected chi connectivity index (χ1v) is 3.98. The van der Waals surface area contributed by atoms with Crippen molar-refractivity contribution in [1.29, 1.82) is 0 Å². The number of H-pyrrole nitrogens is 1. The van der Waals surface area contributed by atoms with Gasteiger partial charge < -0.3 is 12.9 Å². The smallest absolute Gasteiger partial charge is 0.445 e. The van der Waals surface area contributed by atoms with Crippen molar-refractivity contribution in [1.82, 2.24) is 9.55 Å². The van der Waals surface area contributed by atoms with Crippen LogP contribution < -0.4 is 62.6 Å². The first-order chi connectivity index (χ1) is 6.80. The Morgan fingerprint density at radius 1 is 1.44 bits per heavy atom. The summed E-state index contributed by atoms with van der Waals surface area (Å²) in [6.45, 7) is -3.00. The van der Waals surface area contributed by atoms with Crippen LogP contribution >= 0.6 is 0 Å². The van der Waals surface area contributed by atoms with E-state index in [0.717, 1.165) is 16.8 Å². The maximum absolute atomic E-state index is 12.1. The zero-order valence-electron chi connectivity index (χ0n) is 8.54. The van der Waals surface area contributed by atoms with Gasteiger partial charge in [-0.15, -0.1) is 12.1 Å². The van der Waals surface area contributed by atoms with E-state index >= 15 is 0 Å². The van der Waals surface area contributed by atoms with Gasteiger partial charge in [0.1, 0.15) is 0 Å². The molecule has 0 unspecified atom stereocenters. The van der Waals surface area contributed by atoms with Gasteiger partial charge in [-0.1, -0.05) is 0 Å². The summed E-state index contributed by atoms with van der Waals surface area (Å²) in [6.07, 6.45) is 0.994. The van der Waals surface area contributed by atoms with Crippen molar-refractivity contribution in [2.24, 2.45) is 0 Å². The SMILES string of the molecule is C=C(Cn1ccc(=O)[nH]c1=O)[B-](F)(F)F.[K+]. The van der Waals surface area contributed by atoms with Gasteiger partial charge in [0.05, 0.1) is 0 Å². The van der Waals surface area contributed by atoms with E-state index in [9.17, 15) is 22.5 Å². The van der Waals surface area contributed by atoms with Crippen LogP contribution in [0.25, 0.3) is 0 Å². The second-order valence-electron chi connectivity index (χ2n) is 2.97. The Hall–Kier alpha value is -0.0887. The number of rotatable bonds is 3. The topological polar surface area (TPSA) is 54.9 Å². The van der Waals surface area contributed by atoms with E-state index in [-0.39, 0.29) is 51.4 Å². The normalized spacial score (nSPS) is 10.7. The molecule has 0 bridgehead atoms. The second kappa shape index (κ2) is 6.01. The molecular formula is C7H7BF3KN2O2. The van der Waals surface area contributed by atoms with Crippen molar-refractivity contribution in [2.75, 3.05) is 0 Å². The Morgan fingerprint density at radius 2 is 2.00 bits per heavy atom. The molecule has 0 fully saturated rings. The molecule has 0 aliphatic rings. The molecule has 0 radical (unpaired) electrons. The number of aromatic nitrogens is 2. The Morgan fingerprint density at radius 3 is 2.44 bits per heavy atom. The summed E-state index contributed by atoms with van der Waals surface area (Å²) in [6, 6.07) is 0.970. The number of hydrogen-bond acceptors (Lipinski definition) is 2. The molecule has 0 atom stereocenters. The monoisotopic (exact) mass is 258 g/mol. The minimum absolute atomic E-state index is 0. The fourth-order valence-corrected chi connectivity index (χ4v) is 0.891. The molecule has 0 aromatic carbocycles. The maximum Gasteiger partial charge on any atom is 1.00 e. The van der Waals surface area contributed by atoms with Crippen molar-refractivity contribution >= 4 is 6.98 Å².